The van der Waals surface area contributed by atoms with Crippen LogP contribution >= 0.6 is 0 Å². The molecule has 0 bridgehead atoms. The standard InChI is InChI=1S/C10H10F3N2.C8H5F5O.C7H4F2O.CHF3O3S.CH4/c1-14-7-5-3-4-6-8(7)15(2)9(14)10(11,12)13;9-4-1-2-5(6(10)3-4)7(14)8(11,12)13;8-6-2-1-5(4-10)7(9)3-6;2-1(3,4)8(5,6)7;/h3-6H,1-2H3;1-3,7,14H;1-4H;(H,5,6,7);1H4/q+1;;;;/p-1. The van der Waals surface area contributed by atoms with Gasteiger partial charge in [0, 0.05) is 17.7 Å². The quantitative estimate of drug-likeness (QED) is 0.0783. The third-order valence-electron chi connectivity index (χ3n) is 5.43. The molecule has 0 aliphatic rings. The monoisotopic (exact) mass is 734 g/mol. The maximum absolute atomic E-state index is 12.7. The molecule has 4 aromatic rings. The molecule has 0 saturated carbocycles. The van der Waals surface area contributed by atoms with Crippen LogP contribution < -0.4 is 4.57 Å². The Labute approximate surface area is 263 Å². The predicted molar refractivity (Wildman–Crippen MR) is 141 cm³/mol. The molecule has 0 spiro atoms. The van der Waals surface area contributed by atoms with E-state index in [-0.39, 0.29) is 19.1 Å². The number of imidazole rings is 1. The molecule has 0 fully saturated rings. The Balaban J connectivity index is 0.000000627. The Kier molecular flexibility index (Phi) is 15.3. The average Bonchev–Trinajstić information content (AvgIpc) is 3.18. The smallest absolute Gasteiger partial charge is 0.495 e. The van der Waals surface area contributed by atoms with E-state index in [9.17, 15) is 61.9 Å². The second kappa shape index (κ2) is 16.7. The number of aryl methyl sites for hydroxylation is 2. The van der Waals surface area contributed by atoms with Crippen LogP contribution in [0.25, 0.3) is 11.0 Å². The fourth-order valence-corrected chi connectivity index (χ4v) is 3.36. The Morgan fingerprint density at radius 2 is 1.29 bits per heavy atom. The summed E-state index contributed by atoms with van der Waals surface area (Å²) >= 11 is 0. The maximum Gasteiger partial charge on any atom is 0.495 e. The maximum atomic E-state index is 12.7. The molecule has 1 heterocycles. The number of aliphatic hydroxyl groups excluding tert-OH is 1. The predicted octanol–water partition coefficient (Wildman–Crippen LogP) is 7.05. The molecular weight excluding hydrogens is 711 g/mol. The molecule has 1 aromatic heterocycles. The second-order valence-electron chi connectivity index (χ2n) is 8.72. The number of para-hydroxylation sites is 2. The van der Waals surface area contributed by atoms with Crippen molar-refractivity contribution < 1.29 is 84.5 Å². The lowest BCUT2D eigenvalue weighted by Gasteiger charge is -2.15. The summed E-state index contributed by atoms with van der Waals surface area (Å²) < 4.78 is 185. The highest BCUT2D eigenvalue weighted by atomic mass is 32.2. The number of fused-ring (bicyclic) bond motifs is 1. The van der Waals surface area contributed by atoms with Gasteiger partial charge in [-0.1, -0.05) is 25.6 Å². The number of alkyl halides is 9. The van der Waals surface area contributed by atoms with Gasteiger partial charge in [0.15, 0.2) is 33.5 Å². The first-order chi connectivity index (χ1) is 21.2. The molecule has 3 aromatic carbocycles. The summed E-state index contributed by atoms with van der Waals surface area (Å²) in [7, 11) is -3.25. The normalized spacial score (nSPS) is 12.3. The van der Waals surface area contributed by atoms with Gasteiger partial charge >= 0.3 is 23.7 Å². The molecule has 0 radical (unpaired) electrons. The minimum absolute atomic E-state index is 0. The van der Waals surface area contributed by atoms with Gasteiger partial charge in [0.2, 0.25) is 0 Å². The van der Waals surface area contributed by atoms with Gasteiger partial charge in [0.05, 0.1) is 19.7 Å². The number of nitrogens with zero attached hydrogens (tertiary/aromatic N) is 2. The molecule has 1 atom stereocenters. The van der Waals surface area contributed by atoms with E-state index >= 15 is 0 Å². The Morgan fingerprint density at radius 1 is 0.833 bits per heavy atom. The summed E-state index contributed by atoms with van der Waals surface area (Å²) in [6, 6.07) is 11.1. The van der Waals surface area contributed by atoms with E-state index in [1.54, 1.807) is 24.3 Å². The van der Waals surface area contributed by atoms with Crippen molar-refractivity contribution in [2.24, 2.45) is 14.1 Å². The third-order valence-corrected chi connectivity index (χ3v) is 6.00. The van der Waals surface area contributed by atoms with Crippen molar-refractivity contribution in [3.05, 3.63) is 101 Å². The van der Waals surface area contributed by atoms with E-state index < -0.39 is 68.7 Å². The molecule has 0 aliphatic carbocycles. The Hall–Kier alpha value is -4.24. The SMILES string of the molecule is C.Cn1c(C(F)(F)F)[n+](C)c2ccccc21.O=Cc1ccc(F)cc1F.O=S(=O)([O-])C(F)(F)F.OC(c1ccc(F)cc1F)C(F)(F)F. The van der Waals surface area contributed by atoms with Crippen LogP contribution in [0.3, 0.4) is 0 Å². The van der Waals surface area contributed by atoms with Crippen molar-refractivity contribution >= 4 is 27.4 Å². The molecule has 268 valence electrons. The van der Waals surface area contributed by atoms with Crippen LogP contribution in [0, 0.1) is 23.3 Å². The van der Waals surface area contributed by atoms with Gasteiger partial charge in [-0.2, -0.15) is 39.5 Å². The summed E-state index contributed by atoms with van der Waals surface area (Å²) in [6.07, 6.45) is -11.9. The number of aliphatic hydroxyl groups is 1. The molecule has 4 rings (SSSR count). The number of hydrogen-bond donors (Lipinski definition) is 1. The molecule has 48 heavy (non-hydrogen) atoms. The van der Waals surface area contributed by atoms with Gasteiger partial charge in [-0.3, -0.25) is 4.79 Å². The number of aldehydes is 1. The first kappa shape index (κ1) is 43.8. The van der Waals surface area contributed by atoms with Gasteiger partial charge in [0.25, 0.3) is 0 Å². The third kappa shape index (κ3) is 12.1. The first-order valence-corrected chi connectivity index (χ1v) is 13.3. The molecule has 0 saturated heterocycles. The molecule has 7 nitrogen and oxygen atoms in total. The minimum Gasteiger partial charge on any atom is -0.741 e. The van der Waals surface area contributed by atoms with Gasteiger partial charge in [-0.25, -0.2) is 35.1 Å². The van der Waals surface area contributed by atoms with Crippen LogP contribution in [-0.4, -0.2) is 40.6 Å². The van der Waals surface area contributed by atoms with Crippen LogP contribution in [0.2, 0.25) is 0 Å². The lowest BCUT2D eigenvalue weighted by atomic mass is 10.1. The largest absolute Gasteiger partial charge is 0.741 e. The van der Waals surface area contributed by atoms with Crippen LogP contribution in [0.5, 0.6) is 0 Å². The van der Waals surface area contributed by atoms with Gasteiger partial charge in [-0.15, -0.1) is 0 Å². The summed E-state index contributed by atoms with van der Waals surface area (Å²) in [6.45, 7) is 0. The fourth-order valence-electron chi connectivity index (χ4n) is 3.36. The highest BCUT2D eigenvalue weighted by molar-refractivity contribution is 7.86. The molecular formula is C27H23F13N2O5S. The molecule has 0 amide bonds. The van der Waals surface area contributed by atoms with Crippen molar-refractivity contribution in [3.8, 4) is 0 Å². The number of rotatable bonds is 2. The lowest BCUT2D eigenvalue weighted by molar-refractivity contribution is -0.667. The summed E-state index contributed by atoms with van der Waals surface area (Å²) in [4.78, 5) is 9.98. The first-order valence-electron chi connectivity index (χ1n) is 11.9. The van der Waals surface area contributed by atoms with Crippen molar-refractivity contribution in [2.45, 2.75) is 31.4 Å². The van der Waals surface area contributed by atoms with Gasteiger partial charge < -0.3 is 9.66 Å². The molecule has 1 unspecified atom stereocenters. The van der Waals surface area contributed by atoms with E-state index in [1.165, 1.54) is 14.1 Å². The minimum atomic E-state index is -6.09. The van der Waals surface area contributed by atoms with Gasteiger partial charge in [0.1, 0.15) is 23.3 Å². The number of carbonyl (C=O) groups excluding carboxylic acids is 1. The van der Waals surface area contributed by atoms with E-state index in [0.29, 0.717) is 35.5 Å². The highest BCUT2D eigenvalue weighted by Gasteiger charge is 2.45. The van der Waals surface area contributed by atoms with Crippen LogP contribution in [0.15, 0.2) is 60.7 Å². The molecule has 1 N–H and O–H groups in total. The summed E-state index contributed by atoms with van der Waals surface area (Å²) in [5.41, 5.74) is -5.60. The number of aromatic nitrogens is 2. The lowest BCUT2D eigenvalue weighted by Crippen LogP contribution is -2.37. The van der Waals surface area contributed by atoms with Crippen LogP contribution in [-0.2, 0) is 30.4 Å². The van der Waals surface area contributed by atoms with E-state index in [4.69, 9.17) is 18.1 Å². The zero-order chi connectivity index (χ0) is 36.7. The van der Waals surface area contributed by atoms with Crippen molar-refractivity contribution in [1.29, 1.82) is 0 Å². The number of hydrogen-bond acceptors (Lipinski definition) is 5. The Morgan fingerprint density at radius 3 is 1.67 bits per heavy atom. The zero-order valence-electron chi connectivity index (χ0n) is 23.2. The van der Waals surface area contributed by atoms with E-state index in [2.05, 4.69) is 0 Å². The average molecular weight is 735 g/mol. The zero-order valence-corrected chi connectivity index (χ0v) is 24.0. The fraction of sp³-hybridized carbons (Fsp3) is 0.259. The number of benzene rings is 3. The molecule has 21 heteroatoms. The van der Waals surface area contributed by atoms with E-state index in [0.717, 1.165) is 21.3 Å². The number of carbonyl (C=O) groups is 1. The second-order valence-corrected chi connectivity index (χ2v) is 10.1. The van der Waals surface area contributed by atoms with Crippen molar-refractivity contribution in [3.63, 3.8) is 0 Å². The summed E-state index contributed by atoms with van der Waals surface area (Å²) in [5, 5.41) is 8.64. The Bertz CT molecular complexity index is 1750. The summed E-state index contributed by atoms with van der Waals surface area (Å²) in [5.74, 6) is -4.57. The van der Waals surface area contributed by atoms with Crippen molar-refractivity contribution in [2.75, 3.05) is 0 Å². The number of halogens is 13. The molecule has 0 aliphatic heterocycles. The van der Waals surface area contributed by atoms with Crippen LogP contribution in [0.1, 0.15) is 35.3 Å². The van der Waals surface area contributed by atoms with E-state index in [1.807, 2.05) is 0 Å². The topological polar surface area (TPSA) is 103 Å². The van der Waals surface area contributed by atoms with Crippen molar-refractivity contribution in [1.82, 2.24) is 4.57 Å². The van der Waals surface area contributed by atoms with Crippen LogP contribution in [0.4, 0.5) is 57.1 Å². The van der Waals surface area contributed by atoms with Gasteiger partial charge in [-0.05, 0) is 30.3 Å². The highest BCUT2D eigenvalue weighted by Crippen LogP contribution is 2.33.